The van der Waals surface area contributed by atoms with Gasteiger partial charge in [0, 0.05) is 18.9 Å². The molecule has 0 amide bonds. The minimum absolute atomic E-state index is 0.0288. The number of carboxylic acids is 1. The zero-order chi connectivity index (χ0) is 23.3. The number of rotatable bonds is 8. The monoisotopic (exact) mass is 456 g/mol. The lowest BCUT2D eigenvalue weighted by Gasteiger charge is -2.17. The molecule has 1 heterocycles. The zero-order valence-corrected chi connectivity index (χ0v) is 18.0. The first-order chi connectivity index (χ1) is 15.3. The van der Waals surface area contributed by atoms with Crippen molar-refractivity contribution in [1.29, 1.82) is 0 Å². The van der Waals surface area contributed by atoms with Gasteiger partial charge >= 0.3 is 11.9 Å². The second-order valence-electron chi connectivity index (χ2n) is 6.56. The van der Waals surface area contributed by atoms with E-state index in [1.54, 1.807) is 24.5 Å². The van der Waals surface area contributed by atoms with Gasteiger partial charge in [0.15, 0.2) is 0 Å². The lowest BCUT2D eigenvalue weighted by Crippen LogP contribution is -2.18. The molecule has 1 aromatic heterocycles. The van der Waals surface area contributed by atoms with Crippen LogP contribution < -0.4 is 10.1 Å². The first-order valence-electron chi connectivity index (χ1n) is 9.30. The second-order valence-corrected chi connectivity index (χ2v) is 8.44. The summed E-state index contributed by atoms with van der Waals surface area (Å²) in [5.41, 5.74) is -0.165. The number of nitrogens with zero attached hydrogens (tertiary/aromatic N) is 1. The van der Waals surface area contributed by atoms with Gasteiger partial charge in [-0.25, -0.2) is 18.0 Å². The molecular formula is C22H20N2O7S. The fraction of sp³-hybridized carbons (Fsp3) is 0.136. The summed E-state index contributed by atoms with van der Waals surface area (Å²) >= 11 is 0. The SMILES string of the molecule is COC(=O)c1ccc(NCc2cccnc2)c(C(=O)O)c1S(=O)(=O)c1ccc(OC)cc1. The molecule has 0 aliphatic rings. The predicted molar refractivity (Wildman–Crippen MR) is 115 cm³/mol. The second kappa shape index (κ2) is 9.48. The predicted octanol–water partition coefficient (Wildman–Crippen LogP) is 3.02. The van der Waals surface area contributed by atoms with E-state index in [0.717, 1.165) is 12.7 Å². The van der Waals surface area contributed by atoms with Crippen LogP contribution in [0.1, 0.15) is 26.3 Å². The van der Waals surface area contributed by atoms with Crippen LogP contribution >= 0.6 is 0 Å². The van der Waals surface area contributed by atoms with Crippen molar-refractivity contribution in [2.45, 2.75) is 16.3 Å². The number of nitrogens with one attached hydrogen (secondary N) is 1. The topological polar surface area (TPSA) is 132 Å². The molecule has 0 aliphatic heterocycles. The maximum Gasteiger partial charge on any atom is 0.339 e. The van der Waals surface area contributed by atoms with E-state index in [0.29, 0.717) is 5.75 Å². The number of carbonyl (C=O) groups excluding carboxylic acids is 1. The van der Waals surface area contributed by atoms with Gasteiger partial charge in [0.05, 0.1) is 30.4 Å². The summed E-state index contributed by atoms with van der Waals surface area (Å²) in [6, 6.07) is 11.4. The van der Waals surface area contributed by atoms with Crippen LogP contribution in [0.2, 0.25) is 0 Å². The van der Waals surface area contributed by atoms with Crippen molar-refractivity contribution in [1.82, 2.24) is 4.98 Å². The van der Waals surface area contributed by atoms with Crippen molar-refractivity contribution in [3.8, 4) is 5.75 Å². The number of methoxy groups -OCH3 is 2. The Kier molecular flexibility index (Phi) is 6.74. The highest BCUT2D eigenvalue weighted by Crippen LogP contribution is 2.34. The zero-order valence-electron chi connectivity index (χ0n) is 17.2. The van der Waals surface area contributed by atoms with Gasteiger partial charge in [-0.05, 0) is 48.0 Å². The van der Waals surface area contributed by atoms with Crippen molar-refractivity contribution in [2.75, 3.05) is 19.5 Å². The average Bonchev–Trinajstić information content (AvgIpc) is 2.82. The van der Waals surface area contributed by atoms with Crippen molar-refractivity contribution in [3.63, 3.8) is 0 Å². The van der Waals surface area contributed by atoms with E-state index in [4.69, 9.17) is 9.47 Å². The van der Waals surface area contributed by atoms with E-state index in [1.807, 2.05) is 0 Å². The van der Waals surface area contributed by atoms with Crippen LogP contribution in [0, 0.1) is 0 Å². The molecule has 0 fully saturated rings. The standard InChI is InChI=1S/C22H20N2O7S/c1-30-15-5-7-16(8-6-15)32(28,29)20-17(22(27)31-2)9-10-18(19(20)21(25)26)24-13-14-4-3-11-23-12-14/h3-12,24H,13H2,1-2H3,(H,25,26). The van der Waals surface area contributed by atoms with E-state index in [9.17, 15) is 23.1 Å². The fourth-order valence-corrected chi connectivity index (χ4v) is 4.70. The molecule has 3 rings (SSSR count). The number of ether oxygens (including phenoxy) is 2. The normalized spacial score (nSPS) is 10.9. The highest BCUT2D eigenvalue weighted by atomic mass is 32.2. The van der Waals surface area contributed by atoms with Crippen molar-refractivity contribution >= 4 is 27.5 Å². The summed E-state index contributed by atoms with van der Waals surface area (Å²) in [7, 11) is -1.91. The summed E-state index contributed by atoms with van der Waals surface area (Å²) in [6.45, 7) is 0.188. The first-order valence-corrected chi connectivity index (χ1v) is 10.8. The molecule has 0 saturated carbocycles. The molecule has 10 heteroatoms. The molecule has 3 aromatic rings. The lowest BCUT2D eigenvalue weighted by atomic mass is 10.1. The van der Waals surface area contributed by atoms with Gasteiger partial charge < -0.3 is 19.9 Å². The van der Waals surface area contributed by atoms with E-state index in [2.05, 4.69) is 10.3 Å². The Balaban J connectivity index is 2.20. The number of benzene rings is 2. The van der Waals surface area contributed by atoms with Crippen LogP contribution in [-0.2, 0) is 21.1 Å². The maximum atomic E-state index is 13.5. The number of sulfone groups is 1. The Hall–Kier alpha value is -3.92. The molecule has 0 aliphatic carbocycles. The van der Waals surface area contributed by atoms with E-state index < -0.39 is 32.2 Å². The highest BCUT2D eigenvalue weighted by molar-refractivity contribution is 7.91. The third-order valence-electron chi connectivity index (χ3n) is 4.62. The molecule has 0 atom stereocenters. The van der Waals surface area contributed by atoms with Crippen molar-refractivity contribution in [2.24, 2.45) is 0 Å². The Bertz CT molecular complexity index is 1240. The van der Waals surface area contributed by atoms with E-state index in [1.165, 1.54) is 43.5 Å². The molecule has 32 heavy (non-hydrogen) atoms. The number of aromatic nitrogens is 1. The number of anilines is 1. The Morgan fingerprint density at radius 1 is 1.06 bits per heavy atom. The van der Waals surface area contributed by atoms with Crippen LogP contribution in [0.25, 0.3) is 0 Å². The van der Waals surface area contributed by atoms with Crippen LogP contribution in [-0.4, -0.2) is 44.7 Å². The largest absolute Gasteiger partial charge is 0.497 e. The van der Waals surface area contributed by atoms with E-state index in [-0.39, 0.29) is 22.7 Å². The number of pyridine rings is 1. The molecule has 0 unspecified atom stereocenters. The van der Waals surface area contributed by atoms with Gasteiger partial charge in [-0.1, -0.05) is 6.07 Å². The average molecular weight is 456 g/mol. The quantitative estimate of drug-likeness (QED) is 0.491. The summed E-state index contributed by atoms with van der Waals surface area (Å²) in [6.07, 6.45) is 3.18. The molecule has 0 bridgehead atoms. The summed E-state index contributed by atoms with van der Waals surface area (Å²) in [5.74, 6) is -2.07. The van der Waals surface area contributed by atoms with Gasteiger partial charge in [0.2, 0.25) is 9.84 Å². The Labute approximate surface area is 184 Å². The smallest absolute Gasteiger partial charge is 0.339 e. The summed E-state index contributed by atoms with van der Waals surface area (Å²) in [4.78, 5) is 27.7. The van der Waals surface area contributed by atoms with Crippen molar-refractivity contribution in [3.05, 3.63) is 77.6 Å². The minimum atomic E-state index is -4.42. The van der Waals surface area contributed by atoms with Crippen LogP contribution in [0.3, 0.4) is 0 Å². The van der Waals surface area contributed by atoms with E-state index >= 15 is 0 Å². The van der Waals surface area contributed by atoms with Gasteiger partial charge in [0.25, 0.3) is 0 Å². The lowest BCUT2D eigenvalue weighted by molar-refractivity contribution is 0.0596. The molecule has 0 spiro atoms. The van der Waals surface area contributed by atoms with Gasteiger partial charge in [-0.15, -0.1) is 0 Å². The molecule has 0 saturated heterocycles. The molecule has 0 radical (unpaired) electrons. The number of esters is 1. The Morgan fingerprint density at radius 2 is 1.78 bits per heavy atom. The number of carbonyl (C=O) groups is 2. The maximum absolute atomic E-state index is 13.5. The third-order valence-corrected chi connectivity index (χ3v) is 6.48. The van der Waals surface area contributed by atoms with Gasteiger partial charge in [-0.2, -0.15) is 0 Å². The highest BCUT2D eigenvalue weighted by Gasteiger charge is 2.33. The van der Waals surface area contributed by atoms with Crippen LogP contribution in [0.15, 0.2) is 70.7 Å². The number of aromatic carboxylic acids is 1. The van der Waals surface area contributed by atoms with Crippen LogP contribution in [0.5, 0.6) is 5.75 Å². The third kappa shape index (κ3) is 4.54. The molecule has 166 valence electrons. The molecule has 9 nitrogen and oxygen atoms in total. The van der Waals surface area contributed by atoms with Gasteiger partial charge in [0.1, 0.15) is 16.2 Å². The summed E-state index contributed by atoms with van der Waals surface area (Å²) < 4.78 is 36.7. The Morgan fingerprint density at radius 3 is 2.34 bits per heavy atom. The fourth-order valence-electron chi connectivity index (χ4n) is 3.06. The van der Waals surface area contributed by atoms with Gasteiger partial charge in [-0.3, -0.25) is 4.98 Å². The molecule has 2 N–H and O–H groups in total. The number of hydrogen-bond donors (Lipinski definition) is 2. The van der Waals surface area contributed by atoms with Crippen LogP contribution in [0.4, 0.5) is 5.69 Å². The molecular weight excluding hydrogens is 436 g/mol. The summed E-state index contributed by atoms with van der Waals surface area (Å²) in [5, 5.41) is 12.8. The molecule has 2 aromatic carbocycles. The number of carboxylic acid groups (broad SMARTS) is 1. The van der Waals surface area contributed by atoms with Crippen molar-refractivity contribution < 1.29 is 32.6 Å². The number of hydrogen-bond acceptors (Lipinski definition) is 8. The first kappa shape index (κ1) is 22.8. The minimum Gasteiger partial charge on any atom is -0.497 e.